The molecule has 0 unspecified atom stereocenters. The van der Waals surface area contributed by atoms with E-state index in [4.69, 9.17) is 9.88 Å². The maximum absolute atomic E-state index is 12.6. The van der Waals surface area contributed by atoms with Gasteiger partial charge >= 0.3 is 0 Å². The first-order valence-electron chi connectivity index (χ1n) is 9.45. The lowest BCUT2D eigenvalue weighted by Crippen LogP contribution is -2.32. The van der Waals surface area contributed by atoms with Crippen molar-refractivity contribution in [2.24, 2.45) is 11.1 Å². The molecule has 2 aromatic rings. The Morgan fingerprint density at radius 2 is 1.97 bits per heavy atom. The minimum Gasteiger partial charge on any atom is -0.494 e. The fourth-order valence-electron chi connectivity index (χ4n) is 3.26. The highest BCUT2D eigenvalue weighted by molar-refractivity contribution is 7.90. The van der Waals surface area contributed by atoms with E-state index in [9.17, 15) is 18.0 Å². The first kappa shape index (κ1) is 21.6. The maximum Gasteiger partial charge on any atom is 0.296 e. The average molecular weight is 433 g/mol. The number of carbonyl (C=O) groups excluding carboxylic acids is 2. The third-order valence-electron chi connectivity index (χ3n) is 4.61. The van der Waals surface area contributed by atoms with Crippen LogP contribution in [0.3, 0.4) is 0 Å². The van der Waals surface area contributed by atoms with Crippen molar-refractivity contribution in [3.05, 3.63) is 54.1 Å². The molecular weight excluding hydrogens is 408 g/mol. The van der Waals surface area contributed by atoms with Crippen LogP contribution in [-0.2, 0) is 26.3 Å². The van der Waals surface area contributed by atoms with Gasteiger partial charge in [-0.05, 0) is 48.9 Å². The van der Waals surface area contributed by atoms with Crippen molar-refractivity contribution in [2.75, 3.05) is 22.8 Å². The molecule has 2 amide bonds. The summed E-state index contributed by atoms with van der Waals surface area (Å²) in [5.41, 5.74) is 1.73. The molecule has 3 rings (SSSR count). The fourth-order valence-corrected chi connectivity index (χ4v) is 3.72. The van der Waals surface area contributed by atoms with Crippen LogP contribution in [0.15, 0.2) is 48.5 Å². The number of anilines is 2. The molecule has 160 valence electrons. The lowest BCUT2D eigenvalue weighted by Gasteiger charge is -2.17. The molecule has 0 bridgehead atoms. The van der Waals surface area contributed by atoms with E-state index in [-0.39, 0.29) is 24.8 Å². The number of benzene rings is 2. The summed E-state index contributed by atoms with van der Waals surface area (Å²) < 4.78 is 29.9. The van der Waals surface area contributed by atoms with Crippen molar-refractivity contribution < 1.29 is 22.7 Å². The van der Waals surface area contributed by atoms with Gasteiger partial charge in [-0.3, -0.25) is 14.3 Å². The van der Waals surface area contributed by atoms with Crippen molar-refractivity contribution in [1.29, 1.82) is 0 Å². The van der Waals surface area contributed by atoms with Gasteiger partial charge in [0.2, 0.25) is 11.8 Å². The number of ether oxygens (including phenoxy) is 1. The zero-order valence-electron chi connectivity index (χ0n) is 16.5. The predicted octanol–water partition coefficient (Wildman–Crippen LogP) is 1.37. The summed E-state index contributed by atoms with van der Waals surface area (Å²) >= 11 is 0. The van der Waals surface area contributed by atoms with Crippen LogP contribution in [-0.4, -0.2) is 33.4 Å². The molecule has 0 radical (unpaired) electrons. The molecule has 1 fully saturated rings. The highest BCUT2D eigenvalue weighted by atomic mass is 32.2. The second kappa shape index (κ2) is 9.14. The molecule has 1 aliphatic rings. The predicted molar refractivity (Wildman–Crippen MR) is 113 cm³/mol. The molecule has 1 aliphatic heterocycles. The Labute approximate surface area is 175 Å². The standard InChI is InChI=1S/C20H24N4O5S/c1-2-29-18-8-6-17(7-9-18)24-13-15(11-19(24)25)20(26)22-12-14-4-3-5-16(10-14)23-30(21,27)28/h3-10,15,23H,2,11-13H2,1H3,(H,22,26)(H2,21,27,28)/t15-/m1/s1. The number of hydrogen-bond donors (Lipinski definition) is 3. The van der Waals surface area contributed by atoms with Crippen molar-refractivity contribution in [2.45, 2.75) is 19.9 Å². The number of nitrogens with two attached hydrogens (primary N) is 1. The van der Waals surface area contributed by atoms with Gasteiger partial charge in [0.25, 0.3) is 10.2 Å². The Morgan fingerprint density at radius 3 is 2.63 bits per heavy atom. The highest BCUT2D eigenvalue weighted by Gasteiger charge is 2.35. The van der Waals surface area contributed by atoms with E-state index in [0.29, 0.717) is 24.4 Å². The minimum absolute atomic E-state index is 0.112. The van der Waals surface area contributed by atoms with E-state index >= 15 is 0 Å². The van der Waals surface area contributed by atoms with Gasteiger partial charge in [0.15, 0.2) is 0 Å². The fraction of sp³-hybridized carbons (Fsp3) is 0.300. The van der Waals surface area contributed by atoms with E-state index in [2.05, 4.69) is 10.0 Å². The molecule has 1 atom stereocenters. The zero-order chi connectivity index (χ0) is 21.7. The smallest absolute Gasteiger partial charge is 0.296 e. The molecule has 0 aromatic heterocycles. The minimum atomic E-state index is -3.87. The van der Waals surface area contributed by atoms with E-state index < -0.39 is 16.1 Å². The van der Waals surface area contributed by atoms with E-state index in [1.54, 1.807) is 53.4 Å². The molecule has 0 saturated carbocycles. The third-order valence-corrected chi connectivity index (χ3v) is 5.13. The highest BCUT2D eigenvalue weighted by Crippen LogP contribution is 2.27. The average Bonchev–Trinajstić information content (AvgIpc) is 3.08. The second-order valence-electron chi connectivity index (χ2n) is 6.90. The van der Waals surface area contributed by atoms with Gasteiger partial charge < -0.3 is 15.0 Å². The summed E-state index contributed by atoms with van der Waals surface area (Å²) in [4.78, 5) is 26.5. The number of nitrogens with zero attached hydrogens (tertiary/aromatic N) is 1. The van der Waals surface area contributed by atoms with Crippen LogP contribution in [0, 0.1) is 5.92 Å². The molecule has 0 spiro atoms. The SMILES string of the molecule is CCOc1ccc(N2C[C@H](C(=O)NCc3cccc(NS(N)(=O)=O)c3)CC2=O)cc1. The Bertz CT molecular complexity index is 1020. The number of nitrogens with one attached hydrogen (secondary N) is 2. The normalized spacial score (nSPS) is 16.4. The molecule has 9 nitrogen and oxygen atoms in total. The van der Waals surface area contributed by atoms with Gasteiger partial charge in [-0.15, -0.1) is 0 Å². The molecule has 30 heavy (non-hydrogen) atoms. The second-order valence-corrected chi connectivity index (χ2v) is 8.19. The van der Waals surface area contributed by atoms with Gasteiger partial charge in [-0.1, -0.05) is 12.1 Å². The lowest BCUT2D eigenvalue weighted by molar-refractivity contribution is -0.126. The number of hydrogen-bond acceptors (Lipinski definition) is 5. The first-order valence-corrected chi connectivity index (χ1v) is 11.0. The van der Waals surface area contributed by atoms with Crippen LogP contribution in [0.2, 0.25) is 0 Å². The molecule has 0 aliphatic carbocycles. The molecule has 4 N–H and O–H groups in total. The van der Waals surface area contributed by atoms with Gasteiger partial charge in [-0.2, -0.15) is 8.42 Å². The summed E-state index contributed by atoms with van der Waals surface area (Å²) in [7, 11) is -3.87. The van der Waals surface area contributed by atoms with Crippen LogP contribution in [0.25, 0.3) is 0 Å². The Balaban J connectivity index is 1.58. The van der Waals surface area contributed by atoms with Gasteiger partial charge in [0.1, 0.15) is 5.75 Å². The maximum atomic E-state index is 12.6. The summed E-state index contributed by atoms with van der Waals surface area (Å²) in [5, 5.41) is 7.77. The van der Waals surface area contributed by atoms with Crippen LogP contribution in [0.1, 0.15) is 18.9 Å². The van der Waals surface area contributed by atoms with Crippen LogP contribution in [0.5, 0.6) is 5.75 Å². The van der Waals surface area contributed by atoms with Gasteiger partial charge in [0, 0.05) is 25.2 Å². The topological polar surface area (TPSA) is 131 Å². The summed E-state index contributed by atoms with van der Waals surface area (Å²) in [6, 6.07) is 13.7. The van der Waals surface area contributed by atoms with Crippen LogP contribution >= 0.6 is 0 Å². The molecule has 1 saturated heterocycles. The van der Waals surface area contributed by atoms with E-state index in [1.807, 2.05) is 6.92 Å². The Kier molecular flexibility index (Phi) is 6.58. The summed E-state index contributed by atoms with van der Waals surface area (Å²) in [6.07, 6.45) is 0.131. The number of amides is 2. The van der Waals surface area contributed by atoms with Crippen molar-refractivity contribution in [3.8, 4) is 5.75 Å². The molecule has 2 aromatic carbocycles. The lowest BCUT2D eigenvalue weighted by atomic mass is 10.1. The van der Waals surface area contributed by atoms with Gasteiger partial charge in [-0.25, -0.2) is 5.14 Å². The summed E-state index contributed by atoms with van der Waals surface area (Å²) in [6.45, 7) is 2.96. The molecule has 1 heterocycles. The number of carbonyl (C=O) groups is 2. The largest absolute Gasteiger partial charge is 0.494 e. The monoisotopic (exact) mass is 432 g/mol. The molecular formula is C20H24N4O5S. The van der Waals surface area contributed by atoms with Crippen molar-refractivity contribution in [3.63, 3.8) is 0 Å². The summed E-state index contributed by atoms with van der Waals surface area (Å²) in [5.74, 6) is -0.0867. The van der Waals surface area contributed by atoms with E-state index in [0.717, 1.165) is 11.4 Å². The quantitative estimate of drug-likeness (QED) is 0.580. The molecule has 10 heteroatoms. The third kappa shape index (κ3) is 5.71. The van der Waals surface area contributed by atoms with E-state index in [1.165, 1.54) is 0 Å². The number of rotatable bonds is 8. The zero-order valence-corrected chi connectivity index (χ0v) is 17.3. The van der Waals surface area contributed by atoms with Crippen molar-refractivity contribution in [1.82, 2.24) is 5.32 Å². The van der Waals surface area contributed by atoms with Gasteiger partial charge in [0.05, 0.1) is 18.2 Å². The van der Waals surface area contributed by atoms with Crippen molar-refractivity contribution >= 4 is 33.4 Å². The van der Waals surface area contributed by atoms with Crippen LogP contribution < -0.4 is 24.8 Å². The Morgan fingerprint density at radius 1 is 1.23 bits per heavy atom. The van der Waals surface area contributed by atoms with Crippen LogP contribution in [0.4, 0.5) is 11.4 Å². The first-order chi connectivity index (χ1) is 14.2. The Hall–Kier alpha value is -3.11.